The van der Waals surface area contributed by atoms with Gasteiger partial charge in [-0.2, -0.15) is 0 Å². The highest BCUT2D eigenvalue weighted by Gasteiger charge is 2.21. The van der Waals surface area contributed by atoms with Gasteiger partial charge in [-0.1, -0.05) is 55.9 Å². The van der Waals surface area contributed by atoms with Gasteiger partial charge in [0.05, 0.1) is 5.75 Å². The smallest absolute Gasteiger partial charge is 0.233 e. The average molecular weight is 421 g/mol. The second-order valence-corrected chi connectivity index (χ2v) is 8.76. The van der Waals surface area contributed by atoms with E-state index in [2.05, 4.69) is 76.8 Å². The summed E-state index contributed by atoms with van der Waals surface area (Å²) in [7, 11) is 0. The van der Waals surface area contributed by atoms with Crippen molar-refractivity contribution in [2.24, 2.45) is 0 Å². The maximum absolute atomic E-state index is 12.8. The van der Waals surface area contributed by atoms with Gasteiger partial charge in [0.15, 0.2) is 5.16 Å². The Kier molecular flexibility index (Phi) is 6.43. The Bertz CT molecular complexity index is 960. The van der Waals surface area contributed by atoms with Crippen LogP contribution in [0, 0.1) is 0 Å². The topological polar surface area (TPSA) is 41.4 Å². The van der Waals surface area contributed by atoms with Crippen LogP contribution in [0.1, 0.15) is 25.3 Å². The first-order valence-electron chi connectivity index (χ1n) is 10.5. The summed E-state index contributed by atoms with van der Waals surface area (Å²) in [6.45, 7) is 7.66. The van der Waals surface area contributed by atoms with Crippen molar-refractivity contribution in [3.05, 3.63) is 72.6 Å². The van der Waals surface area contributed by atoms with E-state index >= 15 is 0 Å². The number of piperazine rings is 1. The first-order chi connectivity index (χ1) is 14.6. The highest BCUT2D eigenvalue weighted by Crippen LogP contribution is 2.23. The van der Waals surface area contributed by atoms with Crippen molar-refractivity contribution in [1.82, 2.24) is 14.5 Å². The molecule has 0 bridgehead atoms. The fourth-order valence-electron chi connectivity index (χ4n) is 3.68. The molecule has 0 unspecified atom stereocenters. The number of hydrogen-bond donors (Lipinski definition) is 0. The van der Waals surface area contributed by atoms with Crippen molar-refractivity contribution in [3.8, 4) is 5.69 Å². The predicted molar refractivity (Wildman–Crippen MR) is 124 cm³/mol. The molecule has 2 heterocycles. The molecular weight excluding hydrogens is 392 g/mol. The molecule has 3 aromatic rings. The van der Waals surface area contributed by atoms with Gasteiger partial charge in [0.1, 0.15) is 0 Å². The molecule has 156 valence electrons. The van der Waals surface area contributed by atoms with Crippen molar-refractivity contribution in [2.75, 3.05) is 36.8 Å². The van der Waals surface area contributed by atoms with Gasteiger partial charge in [-0.25, -0.2) is 4.98 Å². The summed E-state index contributed by atoms with van der Waals surface area (Å²) in [6, 6.07) is 18.9. The number of benzene rings is 2. The number of aromatic nitrogens is 2. The second-order valence-electron chi connectivity index (χ2n) is 7.82. The van der Waals surface area contributed by atoms with Crippen molar-refractivity contribution < 1.29 is 4.79 Å². The Labute approximate surface area is 182 Å². The summed E-state index contributed by atoms with van der Waals surface area (Å²) in [4.78, 5) is 21.5. The molecule has 0 radical (unpaired) electrons. The van der Waals surface area contributed by atoms with E-state index in [9.17, 15) is 4.79 Å². The molecule has 0 N–H and O–H groups in total. The van der Waals surface area contributed by atoms with Gasteiger partial charge in [0.2, 0.25) is 5.91 Å². The number of nitrogens with zero attached hydrogens (tertiary/aromatic N) is 4. The molecule has 5 nitrogen and oxygen atoms in total. The third kappa shape index (κ3) is 4.70. The van der Waals surface area contributed by atoms with Crippen LogP contribution in [-0.2, 0) is 4.79 Å². The van der Waals surface area contributed by atoms with E-state index in [0.29, 0.717) is 11.7 Å². The van der Waals surface area contributed by atoms with Gasteiger partial charge in [0, 0.05) is 49.9 Å². The first-order valence-corrected chi connectivity index (χ1v) is 11.4. The Hall–Kier alpha value is -2.73. The van der Waals surface area contributed by atoms with Gasteiger partial charge >= 0.3 is 0 Å². The third-order valence-electron chi connectivity index (χ3n) is 5.52. The summed E-state index contributed by atoms with van der Waals surface area (Å²) in [5.41, 5.74) is 3.62. The van der Waals surface area contributed by atoms with E-state index in [4.69, 9.17) is 0 Å². The summed E-state index contributed by atoms with van der Waals surface area (Å²) in [5.74, 6) is 1.10. The zero-order valence-corrected chi connectivity index (χ0v) is 18.4. The molecule has 2 aromatic carbocycles. The molecule has 0 aliphatic carbocycles. The SMILES string of the molecule is CC(C)c1ccc(-n2ccnc2SCC(=O)N2CCN(c3ccccc3)CC2)cc1. The van der Waals surface area contributed by atoms with E-state index in [1.807, 2.05) is 17.2 Å². The molecule has 1 fully saturated rings. The molecule has 4 rings (SSSR count). The lowest BCUT2D eigenvalue weighted by Gasteiger charge is -2.36. The molecule has 6 heteroatoms. The number of anilines is 1. The summed E-state index contributed by atoms with van der Waals surface area (Å²) in [5, 5.41) is 0.851. The van der Waals surface area contributed by atoms with Crippen LogP contribution in [0.15, 0.2) is 72.1 Å². The zero-order chi connectivity index (χ0) is 20.9. The normalized spacial score (nSPS) is 14.4. The predicted octanol–water partition coefficient (Wildman–Crippen LogP) is 4.44. The minimum absolute atomic E-state index is 0.178. The van der Waals surface area contributed by atoms with E-state index in [-0.39, 0.29) is 5.91 Å². The van der Waals surface area contributed by atoms with Crippen LogP contribution >= 0.6 is 11.8 Å². The van der Waals surface area contributed by atoms with Gasteiger partial charge in [0.25, 0.3) is 0 Å². The van der Waals surface area contributed by atoms with Crippen LogP contribution in [-0.4, -0.2) is 52.3 Å². The van der Waals surface area contributed by atoms with E-state index < -0.39 is 0 Å². The second kappa shape index (κ2) is 9.39. The van der Waals surface area contributed by atoms with Crippen molar-refractivity contribution in [3.63, 3.8) is 0 Å². The molecule has 1 saturated heterocycles. The molecular formula is C24H28N4OS. The molecule has 1 aromatic heterocycles. The monoisotopic (exact) mass is 420 g/mol. The highest BCUT2D eigenvalue weighted by molar-refractivity contribution is 7.99. The van der Waals surface area contributed by atoms with Crippen LogP contribution < -0.4 is 4.90 Å². The third-order valence-corrected chi connectivity index (χ3v) is 6.47. The first kappa shape index (κ1) is 20.5. The molecule has 0 atom stereocenters. The summed E-state index contributed by atoms with van der Waals surface area (Å²) >= 11 is 1.51. The number of amides is 1. The van der Waals surface area contributed by atoms with E-state index in [1.54, 1.807) is 6.20 Å². The van der Waals surface area contributed by atoms with Crippen LogP contribution in [0.5, 0.6) is 0 Å². The quantitative estimate of drug-likeness (QED) is 0.553. The van der Waals surface area contributed by atoms with Crippen LogP contribution in [0.3, 0.4) is 0 Å². The summed E-state index contributed by atoms with van der Waals surface area (Å²) < 4.78 is 2.05. The van der Waals surface area contributed by atoms with Crippen LogP contribution in [0.25, 0.3) is 5.69 Å². The number of hydrogen-bond acceptors (Lipinski definition) is 4. The number of carbonyl (C=O) groups is 1. The Balaban J connectivity index is 1.32. The lowest BCUT2D eigenvalue weighted by Crippen LogP contribution is -2.49. The van der Waals surface area contributed by atoms with Gasteiger partial charge in [-0.15, -0.1) is 0 Å². The fraction of sp³-hybridized carbons (Fsp3) is 0.333. The number of carbonyl (C=O) groups excluding carboxylic acids is 1. The molecule has 0 saturated carbocycles. The van der Waals surface area contributed by atoms with Crippen LogP contribution in [0.4, 0.5) is 5.69 Å². The number of thioether (sulfide) groups is 1. The van der Waals surface area contributed by atoms with E-state index in [1.165, 1.54) is 23.0 Å². The maximum Gasteiger partial charge on any atom is 0.233 e. The highest BCUT2D eigenvalue weighted by atomic mass is 32.2. The molecule has 0 spiro atoms. The molecule has 1 aliphatic heterocycles. The van der Waals surface area contributed by atoms with E-state index in [0.717, 1.165) is 37.0 Å². The lowest BCUT2D eigenvalue weighted by molar-refractivity contribution is -0.128. The number of para-hydroxylation sites is 1. The van der Waals surface area contributed by atoms with Crippen LogP contribution in [0.2, 0.25) is 0 Å². The van der Waals surface area contributed by atoms with Crippen molar-refractivity contribution in [1.29, 1.82) is 0 Å². The standard InChI is InChI=1S/C24H28N4OS/c1-19(2)20-8-10-22(11-9-20)28-13-12-25-24(28)30-18-23(29)27-16-14-26(15-17-27)21-6-4-3-5-7-21/h3-13,19H,14-18H2,1-2H3. The minimum Gasteiger partial charge on any atom is -0.368 e. The van der Waals surface area contributed by atoms with Gasteiger partial charge in [-0.05, 0) is 35.7 Å². The Morgan fingerprint density at radius 1 is 0.967 bits per heavy atom. The number of imidazole rings is 1. The minimum atomic E-state index is 0.178. The largest absolute Gasteiger partial charge is 0.368 e. The Morgan fingerprint density at radius 3 is 2.33 bits per heavy atom. The lowest BCUT2D eigenvalue weighted by atomic mass is 10.0. The molecule has 1 amide bonds. The molecule has 1 aliphatic rings. The fourth-order valence-corrected chi connectivity index (χ4v) is 4.56. The van der Waals surface area contributed by atoms with Gasteiger partial charge < -0.3 is 9.80 Å². The van der Waals surface area contributed by atoms with Crippen molar-refractivity contribution >= 4 is 23.4 Å². The van der Waals surface area contributed by atoms with Gasteiger partial charge in [-0.3, -0.25) is 9.36 Å². The van der Waals surface area contributed by atoms with Crippen molar-refractivity contribution in [2.45, 2.75) is 24.9 Å². The Morgan fingerprint density at radius 2 is 1.67 bits per heavy atom. The summed E-state index contributed by atoms with van der Waals surface area (Å²) in [6.07, 6.45) is 3.75. The average Bonchev–Trinajstić information content (AvgIpc) is 3.27. The zero-order valence-electron chi connectivity index (χ0n) is 17.6. The maximum atomic E-state index is 12.8. The number of rotatable bonds is 6. The molecule has 30 heavy (non-hydrogen) atoms.